The van der Waals surface area contributed by atoms with Crippen molar-refractivity contribution in [3.05, 3.63) is 51.6 Å². The van der Waals surface area contributed by atoms with E-state index in [9.17, 15) is 4.79 Å². The van der Waals surface area contributed by atoms with Crippen LogP contribution in [0.1, 0.15) is 49.8 Å². The quantitative estimate of drug-likeness (QED) is 0.249. The Morgan fingerprint density at radius 2 is 1.72 bits per heavy atom. The second-order valence-corrected chi connectivity index (χ2v) is 14.6. The molecule has 7 heteroatoms. The Labute approximate surface area is 245 Å². The number of allylic oxidation sites excluding steroid dienone is 1. The van der Waals surface area contributed by atoms with Crippen LogP contribution in [0.4, 0.5) is 0 Å². The van der Waals surface area contributed by atoms with Crippen molar-refractivity contribution in [3.63, 3.8) is 0 Å². The average Bonchev–Trinajstić information content (AvgIpc) is 3.45. The molecule has 2 saturated heterocycles. The van der Waals surface area contributed by atoms with Crippen molar-refractivity contribution in [3.8, 4) is 11.3 Å². The Morgan fingerprint density at radius 3 is 2.41 bits per heavy atom. The molecule has 1 unspecified atom stereocenters. The van der Waals surface area contributed by atoms with Gasteiger partial charge in [0.05, 0.1) is 28.2 Å². The van der Waals surface area contributed by atoms with Crippen LogP contribution in [0.15, 0.2) is 39.7 Å². The van der Waals surface area contributed by atoms with Gasteiger partial charge in [0, 0.05) is 23.7 Å². The Hall–Kier alpha value is -1.44. The van der Waals surface area contributed by atoms with Crippen LogP contribution < -0.4 is 0 Å². The lowest BCUT2D eigenvalue weighted by molar-refractivity contribution is -0.123. The highest BCUT2D eigenvalue weighted by Crippen LogP contribution is 2.60. The first kappa shape index (κ1) is 26.5. The molecule has 2 aromatic rings. The van der Waals surface area contributed by atoms with Crippen molar-refractivity contribution in [2.24, 2.45) is 35.5 Å². The summed E-state index contributed by atoms with van der Waals surface area (Å²) in [7, 11) is 0. The third kappa shape index (κ3) is 5.32. The van der Waals surface area contributed by atoms with Gasteiger partial charge in [-0.3, -0.25) is 9.69 Å². The highest BCUT2D eigenvalue weighted by Gasteiger charge is 2.54. The molecule has 206 valence electrons. The van der Waals surface area contributed by atoms with Crippen molar-refractivity contribution in [2.75, 3.05) is 32.8 Å². The molecule has 1 aromatic heterocycles. The maximum Gasteiger partial charge on any atom is 0.178 e. The Kier molecular flexibility index (Phi) is 7.52. The van der Waals surface area contributed by atoms with Gasteiger partial charge in [-0.05, 0) is 123 Å². The average molecular weight is 582 g/mol. The second-order valence-electron chi connectivity index (χ2n) is 12.3. The smallest absolute Gasteiger partial charge is 0.178 e. The third-order valence-electron chi connectivity index (χ3n) is 9.93. The van der Waals surface area contributed by atoms with E-state index in [1.807, 2.05) is 30.3 Å². The predicted molar refractivity (Wildman–Crippen MR) is 162 cm³/mol. The standard InChI is InChI=1S/C32H36ClNO3S2/c33-25-5-3-21(4-6-25)26-17-22(2-1-7-34-8-10-36-11-9-34)27(37-26)18-28-31(35)30(32(38)39-28)29-23-13-19-12-20(15-23)16-24(29)14-19/h3-6,17-20,23-24,29-30H,1-2,7-16H2/b28-18-. The van der Waals surface area contributed by atoms with Crippen LogP contribution in [0.25, 0.3) is 17.4 Å². The second kappa shape index (κ2) is 11.1. The molecule has 8 rings (SSSR count). The number of carbonyl (C=O) groups excluding carboxylic acids is 1. The fraction of sp³-hybridized carbons (Fsp3) is 0.562. The van der Waals surface area contributed by atoms with Gasteiger partial charge in [0.25, 0.3) is 0 Å². The number of thioether (sulfide) groups is 1. The molecule has 39 heavy (non-hydrogen) atoms. The molecule has 0 N–H and O–H groups in total. The van der Waals surface area contributed by atoms with Crippen molar-refractivity contribution >= 4 is 51.6 Å². The SMILES string of the molecule is O=C1/C(=C/c2oc(-c3ccc(Cl)cc3)cc2CCCN2CCOCC2)SC(=S)C1C1C2CC3CC(C2)CC1C3. The van der Waals surface area contributed by atoms with Gasteiger partial charge < -0.3 is 9.15 Å². The number of ether oxygens (including phenoxy) is 1. The Bertz CT molecular complexity index is 1250. The van der Waals surface area contributed by atoms with Crippen LogP contribution in [0, 0.1) is 35.5 Å². The zero-order chi connectivity index (χ0) is 26.5. The number of benzene rings is 1. The molecule has 4 nitrogen and oxygen atoms in total. The van der Waals surface area contributed by atoms with E-state index in [4.69, 9.17) is 33.0 Å². The van der Waals surface area contributed by atoms with Crippen molar-refractivity contribution in [2.45, 2.75) is 44.9 Å². The lowest BCUT2D eigenvalue weighted by Crippen LogP contribution is -2.49. The fourth-order valence-corrected chi connectivity index (χ4v) is 10.0. The van der Waals surface area contributed by atoms with Gasteiger partial charge in [0.1, 0.15) is 11.5 Å². The maximum absolute atomic E-state index is 13.9. The van der Waals surface area contributed by atoms with Crippen molar-refractivity contribution in [1.82, 2.24) is 4.90 Å². The highest BCUT2D eigenvalue weighted by atomic mass is 35.5. The summed E-state index contributed by atoms with van der Waals surface area (Å²) in [6.07, 6.45) is 10.6. The molecule has 2 aliphatic heterocycles. The molecule has 0 radical (unpaired) electrons. The molecule has 4 aliphatic carbocycles. The van der Waals surface area contributed by atoms with Crippen LogP contribution in [0.3, 0.4) is 0 Å². The summed E-state index contributed by atoms with van der Waals surface area (Å²) in [5.74, 6) is 5.37. The lowest BCUT2D eigenvalue weighted by Gasteiger charge is -2.55. The number of nitrogens with zero attached hydrogens (tertiary/aromatic N) is 1. The fourth-order valence-electron chi connectivity index (χ4n) is 8.38. The zero-order valence-electron chi connectivity index (χ0n) is 22.3. The summed E-state index contributed by atoms with van der Waals surface area (Å²) in [5, 5.41) is 0.704. The Morgan fingerprint density at radius 1 is 1.03 bits per heavy atom. The van der Waals surface area contributed by atoms with E-state index in [2.05, 4.69) is 11.0 Å². The summed E-state index contributed by atoms with van der Waals surface area (Å²) >= 11 is 13.6. The number of ketones is 1. The van der Waals surface area contributed by atoms with Crippen LogP contribution >= 0.6 is 35.6 Å². The van der Waals surface area contributed by atoms with Crippen molar-refractivity contribution in [1.29, 1.82) is 0 Å². The molecule has 0 spiro atoms. The van der Waals surface area contributed by atoms with Crippen LogP contribution in [0.2, 0.25) is 5.02 Å². The number of thiocarbonyl (C=S) groups is 1. The number of Topliss-reactive ketones (excluding diaryl/α,β-unsaturated/α-hetero) is 1. The summed E-state index contributed by atoms with van der Waals surface area (Å²) in [6, 6.07) is 9.90. The van der Waals surface area contributed by atoms with Gasteiger partial charge in [0.2, 0.25) is 0 Å². The summed E-state index contributed by atoms with van der Waals surface area (Å²) in [6.45, 7) is 4.65. The number of halogens is 1. The third-order valence-corrected chi connectivity index (χ3v) is 11.7. The van der Waals surface area contributed by atoms with Gasteiger partial charge >= 0.3 is 0 Å². The molecule has 4 saturated carbocycles. The van der Waals surface area contributed by atoms with E-state index in [1.54, 1.807) is 0 Å². The molecule has 1 atom stereocenters. The summed E-state index contributed by atoms with van der Waals surface area (Å²) in [5.41, 5.74) is 2.14. The number of hydrogen-bond donors (Lipinski definition) is 0. The monoisotopic (exact) mass is 581 g/mol. The van der Waals surface area contributed by atoms with Gasteiger partial charge in [-0.15, -0.1) is 0 Å². The highest BCUT2D eigenvalue weighted by molar-refractivity contribution is 8.27. The molecule has 3 heterocycles. The number of hydrogen-bond acceptors (Lipinski definition) is 6. The number of carbonyl (C=O) groups is 1. The van der Waals surface area contributed by atoms with Crippen LogP contribution in [-0.2, 0) is 16.0 Å². The topological polar surface area (TPSA) is 42.7 Å². The van der Waals surface area contributed by atoms with Gasteiger partial charge in [-0.2, -0.15) is 0 Å². The minimum atomic E-state index is -0.0956. The van der Waals surface area contributed by atoms with E-state index in [-0.39, 0.29) is 11.7 Å². The predicted octanol–water partition coefficient (Wildman–Crippen LogP) is 7.54. The zero-order valence-corrected chi connectivity index (χ0v) is 24.7. The first-order chi connectivity index (χ1) is 19.0. The first-order valence-electron chi connectivity index (χ1n) is 14.7. The van der Waals surface area contributed by atoms with Crippen molar-refractivity contribution < 1.29 is 13.9 Å². The van der Waals surface area contributed by atoms with E-state index in [0.717, 1.165) is 89.3 Å². The molecular formula is C32H36ClNO3S2. The summed E-state index contributed by atoms with van der Waals surface area (Å²) < 4.78 is 12.8. The molecule has 6 aliphatic rings. The number of rotatable bonds is 7. The van der Waals surface area contributed by atoms with E-state index in [1.165, 1.54) is 43.9 Å². The molecule has 0 amide bonds. The van der Waals surface area contributed by atoms with Gasteiger partial charge in [-0.1, -0.05) is 35.6 Å². The van der Waals surface area contributed by atoms with Gasteiger partial charge in [0.15, 0.2) is 5.78 Å². The van der Waals surface area contributed by atoms with Crippen LogP contribution in [-0.4, -0.2) is 47.7 Å². The number of aryl methyl sites for hydroxylation is 1. The Balaban J connectivity index is 1.14. The minimum absolute atomic E-state index is 0.0956. The van der Waals surface area contributed by atoms with E-state index in [0.29, 0.717) is 22.8 Å². The number of morpholine rings is 1. The van der Waals surface area contributed by atoms with Crippen LogP contribution in [0.5, 0.6) is 0 Å². The number of furan rings is 1. The largest absolute Gasteiger partial charge is 0.456 e. The normalized spacial score (nSPS) is 33.5. The summed E-state index contributed by atoms with van der Waals surface area (Å²) in [4.78, 5) is 17.2. The van der Waals surface area contributed by atoms with E-state index < -0.39 is 0 Å². The molecule has 6 fully saturated rings. The maximum atomic E-state index is 13.9. The lowest BCUT2D eigenvalue weighted by atomic mass is 9.49. The van der Waals surface area contributed by atoms with E-state index >= 15 is 0 Å². The van der Waals surface area contributed by atoms with Gasteiger partial charge in [-0.25, -0.2) is 0 Å². The molecule has 1 aromatic carbocycles. The first-order valence-corrected chi connectivity index (χ1v) is 16.3. The molecule has 4 bridgehead atoms. The minimum Gasteiger partial charge on any atom is -0.456 e. The molecular weight excluding hydrogens is 546 g/mol.